The highest BCUT2D eigenvalue weighted by molar-refractivity contribution is 7.09. The summed E-state index contributed by atoms with van der Waals surface area (Å²) in [6, 6.07) is 17.9. The van der Waals surface area contributed by atoms with Crippen molar-refractivity contribution in [2.45, 2.75) is 13.0 Å². The van der Waals surface area contributed by atoms with Crippen molar-refractivity contribution in [3.63, 3.8) is 0 Å². The van der Waals surface area contributed by atoms with Crippen molar-refractivity contribution in [3.8, 4) is 0 Å². The summed E-state index contributed by atoms with van der Waals surface area (Å²) in [4.78, 5) is 13.2. The van der Waals surface area contributed by atoms with Crippen LogP contribution in [0.1, 0.15) is 10.4 Å². The lowest BCUT2D eigenvalue weighted by molar-refractivity contribution is 0.557. The molecule has 0 aliphatic heterocycles. The third kappa shape index (κ3) is 2.98. The van der Waals surface area contributed by atoms with Crippen LogP contribution in [-0.2, 0) is 13.0 Å². The maximum Gasteiger partial charge on any atom is 0.336 e. The average molecular weight is 335 g/mol. The maximum atomic E-state index is 11.9. The van der Waals surface area contributed by atoms with E-state index in [1.54, 1.807) is 17.4 Å². The molecule has 0 saturated carbocycles. The second kappa shape index (κ2) is 6.59. The van der Waals surface area contributed by atoms with Crippen molar-refractivity contribution in [2.24, 2.45) is 0 Å². The molecular formula is C20H17NO2S. The van der Waals surface area contributed by atoms with Crippen molar-refractivity contribution < 1.29 is 4.42 Å². The number of hydrogen-bond donors (Lipinski definition) is 1. The van der Waals surface area contributed by atoms with E-state index in [2.05, 4.69) is 35.0 Å². The Balaban J connectivity index is 1.66. The first-order chi connectivity index (χ1) is 11.8. The minimum Gasteiger partial charge on any atom is -0.423 e. The summed E-state index contributed by atoms with van der Waals surface area (Å²) in [6.45, 7) is 1.54. The van der Waals surface area contributed by atoms with Crippen molar-refractivity contribution in [3.05, 3.63) is 80.8 Å². The molecule has 0 unspecified atom stereocenters. The zero-order valence-corrected chi connectivity index (χ0v) is 13.9. The highest BCUT2D eigenvalue weighted by atomic mass is 32.1. The Morgan fingerprint density at radius 3 is 2.83 bits per heavy atom. The minimum absolute atomic E-state index is 0.298. The second-order valence-corrected chi connectivity index (χ2v) is 6.79. The molecule has 4 aromatic rings. The number of benzene rings is 2. The standard InChI is InChI=1S/C20H17NO2S/c22-19-12-15(13-21-10-9-16-5-3-11-24-16)20-17-6-2-1-4-14(17)7-8-18(20)23-19/h1-8,11-12,21H,9-10,13H2. The van der Waals surface area contributed by atoms with E-state index in [4.69, 9.17) is 4.42 Å². The van der Waals surface area contributed by atoms with E-state index in [-0.39, 0.29) is 5.63 Å². The van der Waals surface area contributed by atoms with Crippen LogP contribution in [0.5, 0.6) is 0 Å². The van der Waals surface area contributed by atoms with E-state index in [0.29, 0.717) is 12.1 Å². The molecule has 0 saturated heterocycles. The smallest absolute Gasteiger partial charge is 0.336 e. The summed E-state index contributed by atoms with van der Waals surface area (Å²) in [5, 5.41) is 8.84. The Morgan fingerprint density at radius 1 is 1.04 bits per heavy atom. The van der Waals surface area contributed by atoms with Gasteiger partial charge in [-0.1, -0.05) is 36.4 Å². The van der Waals surface area contributed by atoms with E-state index in [1.165, 1.54) is 4.88 Å². The molecule has 0 aliphatic rings. The molecular weight excluding hydrogens is 318 g/mol. The van der Waals surface area contributed by atoms with Gasteiger partial charge in [0.05, 0.1) is 0 Å². The highest BCUT2D eigenvalue weighted by Gasteiger charge is 2.09. The fourth-order valence-electron chi connectivity index (χ4n) is 3.05. The zero-order valence-electron chi connectivity index (χ0n) is 13.1. The van der Waals surface area contributed by atoms with Crippen molar-refractivity contribution in [2.75, 3.05) is 6.54 Å². The Kier molecular flexibility index (Phi) is 4.15. The van der Waals surface area contributed by atoms with Crippen molar-refractivity contribution in [1.29, 1.82) is 0 Å². The summed E-state index contributed by atoms with van der Waals surface area (Å²) in [5.41, 5.74) is 1.34. The van der Waals surface area contributed by atoms with Gasteiger partial charge in [-0.2, -0.15) is 0 Å². The predicted molar refractivity (Wildman–Crippen MR) is 99.7 cm³/mol. The maximum absolute atomic E-state index is 11.9. The van der Waals surface area contributed by atoms with Crippen molar-refractivity contribution >= 4 is 33.1 Å². The molecule has 0 fully saturated rings. The molecule has 1 N–H and O–H groups in total. The van der Waals surface area contributed by atoms with Crippen molar-refractivity contribution in [1.82, 2.24) is 5.32 Å². The number of rotatable bonds is 5. The molecule has 2 heterocycles. The molecule has 24 heavy (non-hydrogen) atoms. The number of fused-ring (bicyclic) bond motifs is 3. The van der Waals surface area contributed by atoms with Gasteiger partial charge in [0.2, 0.25) is 0 Å². The molecule has 0 bridgehead atoms. The molecule has 120 valence electrons. The SMILES string of the molecule is O=c1cc(CNCCc2cccs2)c2c(ccc3ccccc32)o1. The van der Waals surface area contributed by atoms with Crippen LogP contribution in [-0.4, -0.2) is 6.54 Å². The molecule has 0 aliphatic carbocycles. The summed E-state index contributed by atoms with van der Waals surface area (Å²) in [6.07, 6.45) is 0.998. The van der Waals surface area contributed by atoms with Gasteiger partial charge >= 0.3 is 5.63 Å². The quantitative estimate of drug-likeness (QED) is 0.335. The lowest BCUT2D eigenvalue weighted by Gasteiger charge is -2.09. The normalized spacial score (nSPS) is 11.3. The first-order valence-electron chi connectivity index (χ1n) is 7.99. The third-order valence-electron chi connectivity index (χ3n) is 4.16. The van der Waals surface area contributed by atoms with Crippen LogP contribution < -0.4 is 10.9 Å². The van der Waals surface area contributed by atoms with Crippen LogP contribution in [0.3, 0.4) is 0 Å². The second-order valence-electron chi connectivity index (χ2n) is 5.76. The Bertz CT molecular complexity index is 1030. The average Bonchev–Trinajstić information content (AvgIpc) is 3.11. The van der Waals surface area contributed by atoms with Crippen LogP contribution in [0, 0.1) is 0 Å². The lowest BCUT2D eigenvalue weighted by atomic mass is 10.0. The van der Waals surface area contributed by atoms with Crippen LogP contribution in [0.2, 0.25) is 0 Å². The van der Waals surface area contributed by atoms with E-state index in [9.17, 15) is 4.79 Å². The Labute approximate surface area is 143 Å². The van der Waals surface area contributed by atoms with Crippen LogP contribution in [0.15, 0.2) is 69.2 Å². The monoisotopic (exact) mass is 335 g/mol. The molecule has 3 nitrogen and oxygen atoms in total. The zero-order chi connectivity index (χ0) is 16.4. The first kappa shape index (κ1) is 15.1. The lowest BCUT2D eigenvalue weighted by Crippen LogP contribution is -2.17. The van der Waals surface area contributed by atoms with Gasteiger partial charge in [-0.3, -0.25) is 0 Å². The Hall–Kier alpha value is -2.43. The largest absolute Gasteiger partial charge is 0.423 e. The van der Waals surface area contributed by atoms with Gasteiger partial charge in [0.1, 0.15) is 5.58 Å². The molecule has 0 radical (unpaired) electrons. The molecule has 0 atom stereocenters. The van der Waals surface area contributed by atoms with Crippen LogP contribution >= 0.6 is 11.3 Å². The van der Waals surface area contributed by atoms with Gasteiger partial charge in [-0.25, -0.2) is 4.79 Å². The van der Waals surface area contributed by atoms with E-state index < -0.39 is 0 Å². The van der Waals surface area contributed by atoms with Gasteiger partial charge < -0.3 is 9.73 Å². The van der Waals surface area contributed by atoms with Crippen LogP contribution in [0.4, 0.5) is 0 Å². The van der Waals surface area contributed by atoms with Gasteiger partial charge in [0.25, 0.3) is 0 Å². The van der Waals surface area contributed by atoms with E-state index >= 15 is 0 Å². The summed E-state index contributed by atoms with van der Waals surface area (Å²) >= 11 is 1.77. The van der Waals surface area contributed by atoms with Gasteiger partial charge in [-0.05, 0) is 40.3 Å². The fourth-order valence-corrected chi connectivity index (χ4v) is 3.76. The highest BCUT2D eigenvalue weighted by Crippen LogP contribution is 2.27. The Morgan fingerprint density at radius 2 is 1.96 bits per heavy atom. The van der Waals surface area contributed by atoms with E-state index in [0.717, 1.165) is 34.7 Å². The topological polar surface area (TPSA) is 42.2 Å². The molecule has 4 heteroatoms. The fraction of sp³-hybridized carbons (Fsp3) is 0.150. The molecule has 0 amide bonds. The summed E-state index contributed by atoms with van der Waals surface area (Å²) in [7, 11) is 0. The van der Waals surface area contributed by atoms with Crippen LogP contribution in [0.25, 0.3) is 21.7 Å². The van der Waals surface area contributed by atoms with Gasteiger partial charge in [0, 0.05) is 29.4 Å². The number of hydrogen-bond acceptors (Lipinski definition) is 4. The first-order valence-corrected chi connectivity index (χ1v) is 8.87. The van der Waals surface area contributed by atoms with Gasteiger partial charge in [-0.15, -0.1) is 11.3 Å². The molecule has 2 aromatic heterocycles. The number of thiophene rings is 1. The molecule has 4 rings (SSSR count). The molecule has 0 spiro atoms. The summed E-state index contributed by atoms with van der Waals surface area (Å²) < 4.78 is 5.39. The third-order valence-corrected chi connectivity index (χ3v) is 5.09. The summed E-state index contributed by atoms with van der Waals surface area (Å²) in [5.74, 6) is 0. The minimum atomic E-state index is -0.298. The predicted octanol–water partition coefficient (Wildman–Crippen LogP) is 4.34. The van der Waals surface area contributed by atoms with E-state index in [1.807, 2.05) is 24.3 Å². The molecule has 2 aromatic carbocycles. The number of nitrogens with one attached hydrogen (secondary N) is 1. The van der Waals surface area contributed by atoms with Gasteiger partial charge in [0.15, 0.2) is 0 Å².